The Kier molecular flexibility index (Phi) is 7.35. The van der Waals surface area contributed by atoms with Crippen LogP contribution in [-0.2, 0) is 0 Å². The summed E-state index contributed by atoms with van der Waals surface area (Å²) in [6.45, 7) is 6.89. The number of hydrogen-bond acceptors (Lipinski definition) is 3. The van der Waals surface area contributed by atoms with Gasteiger partial charge in [0, 0.05) is 18.0 Å². The van der Waals surface area contributed by atoms with Gasteiger partial charge in [0.2, 0.25) is 0 Å². The molecule has 0 aliphatic carbocycles. The summed E-state index contributed by atoms with van der Waals surface area (Å²) in [6.07, 6.45) is 3.34. The Labute approximate surface area is 125 Å². The molecular formula is C16H23NO2S. The third-order valence-electron chi connectivity index (χ3n) is 3.02. The van der Waals surface area contributed by atoms with E-state index in [1.807, 2.05) is 30.2 Å². The first-order valence-electron chi connectivity index (χ1n) is 7.09. The Bertz CT molecular complexity index is 482. The van der Waals surface area contributed by atoms with Gasteiger partial charge in [-0.25, -0.2) is 0 Å². The molecule has 0 aliphatic rings. The zero-order chi connectivity index (χ0) is 15.0. The third-order valence-corrected chi connectivity index (χ3v) is 3.87. The number of thiophene rings is 1. The van der Waals surface area contributed by atoms with Gasteiger partial charge in [-0.1, -0.05) is 31.6 Å². The number of unbranched alkanes of at least 4 members (excludes halogenated alkanes) is 2. The van der Waals surface area contributed by atoms with Gasteiger partial charge in [-0.15, -0.1) is 11.3 Å². The summed E-state index contributed by atoms with van der Waals surface area (Å²) >= 11 is 1.44. The Morgan fingerprint density at radius 2 is 2.20 bits per heavy atom. The monoisotopic (exact) mass is 293 g/mol. The van der Waals surface area contributed by atoms with E-state index in [0.29, 0.717) is 5.56 Å². The number of nitrogens with zero attached hydrogens (tertiary/aromatic N) is 1. The van der Waals surface area contributed by atoms with Crippen LogP contribution in [0.2, 0.25) is 0 Å². The molecule has 1 amide bonds. The summed E-state index contributed by atoms with van der Waals surface area (Å²) in [5.41, 5.74) is 0.697. The van der Waals surface area contributed by atoms with Crippen molar-refractivity contribution in [1.82, 2.24) is 4.90 Å². The SMILES string of the molecule is CCCCCN(C(=O)c1csc(C#CCO)c1)C(C)C. The molecule has 0 saturated carbocycles. The Balaban J connectivity index is 2.76. The predicted molar refractivity (Wildman–Crippen MR) is 84.0 cm³/mol. The van der Waals surface area contributed by atoms with E-state index in [1.54, 1.807) is 0 Å². The van der Waals surface area contributed by atoms with Crippen molar-refractivity contribution in [2.24, 2.45) is 0 Å². The minimum atomic E-state index is -0.156. The second-order valence-corrected chi connectivity index (χ2v) is 5.87. The zero-order valence-electron chi connectivity index (χ0n) is 12.5. The highest BCUT2D eigenvalue weighted by Gasteiger charge is 2.19. The Morgan fingerprint density at radius 3 is 2.80 bits per heavy atom. The molecule has 0 atom stereocenters. The van der Waals surface area contributed by atoms with Crippen LogP contribution >= 0.6 is 11.3 Å². The Hall–Kier alpha value is -1.31. The van der Waals surface area contributed by atoms with Gasteiger partial charge in [-0.05, 0) is 26.3 Å². The number of amides is 1. The lowest BCUT2D eigenvalue weighted by molar-refractivity contribution is 0.0703. The van der Waals surface area contributed by atoms with Crippen molar-refractivity contribution < 1.29 is 9.90 Å². The largest absolute Gasteiger partial charge is 0.384 e. The van der Waals surface area contributed by atoms with Crippen LogP contribution in [0.3, 0.4) is 0 Å². The van der Waals surface area contributed by atoms with Crippen LogP contribution < -0.4 is 0 Å². The summed E-state index contributed by atoms with van der Waals surface area (Å²) in [5, 5.41) is 10.5. The third kappa shape index (κ3) is 4.99. The predicted octanol–water partition coefficient (Wildman–Crippen LogP) is 3.13. The fourth-order valence-corrected chi connectivity index (χ4v) is 2.68. The van der Waals surface area contributed by atoms with Crippen molar-refractivity contribution in [2.75, 3.05) is 13.2 Å². The number of aliphatic hydroxyl groups is 1. The molecule has 1 heterocycles. The van der Waals surface area contributed by atoms with E-state index >= 15 is 0 Å². The van der Waals surface area contributed by atoms with E-state index in [4.69, 9.17) is 5.11 Å². The Morgan fingerprint density at radius 1 is 1.45 bits per heavy atom. The van der Waals surface area contributed by atoms with Crippen LogP contribution in [0.25, 0.3) is 0 Å². The van der Waals surface area contributed by atoms with Crippen LogP contribution in [-0.4, -0.2) is 35.1 Å². The molecule has 3 nitrogen and oxygen atoms in total. The molecule has 0 spiro atoms. The molecule has 4 heteroatoms. The minimum Gasteiger partial charge on any atom is -0.384 e. The summed E-state index contributed by atoms with van der Waals surface area (Å²) in [4.78, 5) is 15.2. The first-order chi connectivity index (χ1) is 9.60. The molecular weight excluding hydrogens is 270 g/mol. The van der Waals surface area contributed by atoms with Gasteiger partial charge in [0.1, 0.15) is 6.61 Å². The molecule has 1 rings (SSSR count). The highest BCUT2D eigenvalue weighted by Crippen LogP contribution is 2.17. The lowest BCUT2D eigenvalue weighted by atomic mass is 10.2. The van der Waals surface area contributed by atoms with Crippen molar-refractivity contribution >= 4 is 17.2 Å². The first kappa shape index (κ1) is 16.7. The van der Waals surface area contributed by atoms with Crippen LogP contribution in [0.4, 0.5) is 0 Å². The van der Waals surface area contributed by atoms with Crippen molar-refractivity contribution in [3.8, 4) is 11.8 Å². The molecule has 110 valence electrons. The summed E-state index contributed by atoms with van der Waals surface area (Å²) < 4.78 is 0. The quantitative estimate of drug-likeness (QED) is 0.646. The molecule has 0 aromatic carbocycles. The molecule has 0 aliphatic heterocycles. The van der Waals surface area contributed by atoms with E-state index in [9.17, 15) is 4.79 Å². The maximum Gasteiger partial charge on any atom is 0.254 e. The molecule has 0 fully saturated rings. The van der Waals surface area contributed by atoms with Crippen LogP contribution in [0.15, 0.2) is 11.4 Å². The van der Waals surface area contributed by atoms with E-state index in [0.717, 1.165) is 30.7 Å². The normalized spacial score (nSPS) is 10.2. The molecule has 0 radical (unpaired) electrons. The summed E-state index contributed by atoms with van der Waals surface area (Å²) in [7, 11) is 0. The first-order valence-corrected chi connectivity index (χ1v) is 7.97. The second-order valence-electron chi connectivity index (χ2n) is 4.96. The minimum absolute atomic E-state index is 0.0735. The van der Waals surface area contributed by atoms with Crippen LogP contribution in [0.5, 0.6) is 0 Å². The van der Waals surface area contributed by atoms with Gasteiger partial charge >= 0.3 is 0 Å². The maximum atomic E-state index is 12.5. The van der Waals surface area contributed by atoms with Gasteiger partial charge in [-0.3, -0.25) is 4.79 Å². The zero-order valence-corrected chi connectivity index (χ0v) is 13.3. The van der Waals surface area contributed by atoms with Crippen molar-refractivity contribution in [1.29, 1.82) is 0 Å². The number of carbonyl (C=O) groups excluding carboxylic acids is 1. The number of hydrogen-bond donors (Lipinski definition) is 1. The van der Waals surface area contributed by atoms with Crippen molar-refractivity contribution in [3.05, 3.63) is 21.9 Å². The van der Waals surface area contributed by atoms with E-state index in [1.165, 1.54) is 11.3 Å². The van der Waals surface area contributed by atoms with E-state index in [2.05, 4.69) is 18.8 Å². The lowest BCUT2D eigenvalue weighted by Crippen LogP contribution is -2.37. The van der Waals surface area contributed by atoms with Gasteiger partial charge in [0.15, 0.2) is 0 Å². The average molecular weight is 293 g/mol. The van der Waals surface area contributed by atoms with Gasteiger partial charge in [0.05, 0.1) is 10.4 Å². The van der Waals surface area contributed by atoms with E-state index < -0.39 is 0 Å². The molecule has 1 aromatic heterocycles. The van der Waals surface area contributed by atoms with Crippen molar-refractivity contribution in [2.45, 2.75) is 46.1 Å². The molecule has 20 heavy (non-hydrogen) atoms. The highest BCUT2D eigenvalue weighted by molar-refractivity contribution is 7.10. The van der Waals surface area contributed by atoms with Crippen molar-refractivity contribution in [3.63, 3.8) is 0 Å². The lowest BCUT2D eigenvalue weighted by Gasteiger charge is -2.26. The summed E-state index contributed by atoms with van der Waals surface area (Å²) in [5.74, 6) is 5.51. The van der Waals surface area contributed by atoms with E-state index in [-0.39, 0.29) is 18.6 Å². The highest BCUT2D eigenvalue weighted by atomic mass is 32.1. The topological polar surface area (TPSA) is 40.5 Å². The van der Waals surface area contributed by atoms with Gasteiger partial charge in [0.25, 0.3) is 5.91 Å². The fourth-order valence-electron chi connectivity index (χ4n) is 1.93. The van der Waals surface area contributed by atoms with Crippen LogP contribution in [0.1, 0.15) is 55.3 Å². The smallest absolute Gasteiger partial charge is 0.254 e. The molecule has 1 N–H and O–H groups in total. The van der Waals surface area contributed by atoms with Gasteiger partial charge in [-0.2, -0.15) is 0 Å². The van der Waals surface area contributed by atoms with Gasteiger partial charge < -0.3 is 10.0 Å². The standard InChI is InChI=1S/C16H23NO2S/c1-4-5-6-9-17(13(2)3)16(19)14-11-15(20-12-14)8-7-10-18/h11-13,18H,4-6,9-10H2,1-3H3. The maximum absolute atomic E-state index is 12.5. The fraction of sp³-hybridized carbons (Fsp3) is 0.562. The second kappa shape index (κ2) is 8.78. The molecule has 0 unspecified atom stereocenters. The average Bonchev–Trinajstić information content (AvgIpc) is 2.89. The summed E-state index contributed by atoms with van der Waals surface area (Å²) in [6, 6.07) is 2.01. The number of rotatable bonds is 6. The molecule has 0 saturated heterocycles. The number of carbonyl (C=O) groups is 1. The molecule has 0 bridgehead atoms. The molecule has 1 aromatic rings. The van der Waals surface area contributed by atoms with Crippen LogP contribution in [0, 0.1) is 11.8 Å². The number of aliphatic hydroxyl groups excluding tert-OH is 1.